The number of benzene rings is 1. The second kappa shape index (κ2) is 2.77. The van der Waals surface area contributed by atoms with E-state index in [1.165, 1.54) is 16.8 Å². The van der Waals surface area contributed by atoms with Gasteiger partial charge in [0.2, 0.25) is 0 Å². The Hall–Kier alpha value is -1.44. The predicted octanol–water partition coefficient (Wildman–Crippen LogP) is 2.72. The third-order valence-electron chi connectivity index (χ3n) is 2.69. The molecule has 0 atom stereocenters. The van der Waals surface area contributed by atoms with Gasteiger partial charge in [-0.25, -0.2) is 0 Å². The fourth-order valence-electron chi connectivity index (χ4n) is 1.98. The molecule has 0 bridgehead atoms. The van der Waals surface area contributed by atoms with Gasteiger partial charge in [0.1, 0.15) is 0 Å². The van der Waals surface area contributed by atoms with E-state index in [1.807, 2.05) is 0 Å². The largest absolute Gasteiger partial charge is 0.363 e. The van der Waals surface area contributed by atoms with Crippen molar-refractivity contribution >= 4 is 5.69 Å². The van der Waals surface area contributed by atoms with E-state index in [4.69, 9.17) is 0 Å². The summed E-state index contributed by atoms with van der Waals surface area (Å²) < 4.78 is 0. The first kappa shape index (κ1) is 9.13. The molecule has 0 unspecified atom stereocenters. The van der Waals surface area contributed by atoms with E-state index in [0.717, 1.165) is 5.82 Å². The SMILES string of the molecule is C=C1Nc2c(C)cccc2C(C)(C)N1. The summed E-state index contributed by atoms with van der Waals surface area (Å²) in [5, 5.41) is 6.61. The number of hydrogen-bond donors (Lipinski definition) is 2. The fraction of sp³-hybridized carbons (Fsp3) is 0.333. The van der Waals surface area contributed by atoms with E-state index in [1.54, 1.807) is 0 Å². The van der Waals surface area contributed by atoms with Crippen LogP contribution in [-0.2, 0) is 5.54 Å². The first-order valence-corrected chi connectivity index (χ1v) is 4.85. The number of aryl methyl sites for hydroxylation is 1. The van der Waals surface area contributed by atoms with E-state index in [2.05, 4.69) is 56.2 Å². The average Bonchev–Trinajstić information content (AvgIpc) is 2.05. The lowest BCUT2D eigenvalue weighted by atomic mass is 9.89. The molecule has 0 saturated heterocycles. The van der Waals surface area contributed by atoms with E-state index in [0.29, 0.717) is 0 Å². The Kier molecular flexibility index (Phi) is 1.81. The molecule has 2 rings (SSSR count). The topological polar surface area (TPSA) is 24.1 Å². The quantitative estimate of drug-likeness (QED) is 0.654. The van der Waals surface area contributed by atoms with Crippen LogP contribution in [0.15, 0.2) is 30.6 Å². The summed E-state index contributed by atoms with van der Waals surface area (Å²) in [6.07, 6.45) is 0. The molecular formula is C12H16N2. The average molecular weight is 188 g/mol. The number of para-hydroxylation sites is 1. The molecule has 0 aliphatic carbocycles. The van der Waals surface area contributed by atoms with Crippen LogP contribution in [0.5, 0.6) is 0 Å². The lowest BCUT2D eigenvalue weighted by Crippen LogP contribution is -2.42. The molecule has 1 aliphatic rings. The number of hydrogen-bond acceptors (Lipinski definition) is 2. The van der Waals surface area contributed by atoms with E-state index < -0.39 is 0 Å². The summed E-state index contributed by atoms with van der Waals surface area (Å²) in [5.41, 5.74) is 3.72. The third-order valence-corrected chi connectivity index (χ3v) is 2.69. The Bertz CT molecular complexity index is 391. The lowest BCUT2D eigenvalue weighted by Gasteiger charge is -2.37. The molecule has 0 aromatic heterocycles. The molecule has 0 radical (unpaired) electrons. The Morgan fingerprint density at radius 3 is 2.71 bits per heavy atom. The van der Waals surface area contributed by atoms with Gasteiger partial charge in [0.15, 0.2) is 0 Å². The van der Waals surface area contributed by atoms with Crippen molar-refractivity contribution in [2.45, 2.75) is 26.3 Å². The van der Waals surface area contributed by atoms with Crippen LogP contribution in [0.3, 0.4) is 0 Å². The van der Waals surface area contributed by atoms with E-state index >= 15 is 0 Å². The molecule has 1 heterocycles. The molecule has 2 heteroatoms. The lowest BCUT2D eigenvalue weighted by molar-refractivity contribution is 0.441. The number of nitrogens with one attached hydrogen (secondary N) is 2. The Morgan fingerprint density at radius 1 is 1.29 bits per heavy atom. The molecule has 2 nitrogen and oxygen atoms in total. The highest BCUT2D eigenvalue weighted by atomic mass is 15.2. The summed E-state index contributed by atoms with van der Waals surface area (Å²) >= 11 is 0. The highest BCUT2D eigenvalue weighted by Gasteiger charge is 2.28. The van der Waals surface area contributed by atoms with Crippen LogP contribution in [0.2, 0.25) is 0 Å². The van der Waals surface area contributed by atoms with E-state index in [-0.39, 0.29) is 5.54 Å². The van der Waals surface area contributed by atoms with Crippen LogP contribution in [0.1, 0.15) is 25.0 Å². The van der Waals surface area contributed by atoms with Crippen molar-refractivity contribution in [1.29, 1.82) is 0 Å². The molecular weight excluding hydrogens is 172 g/mol. The normalized spacial score (nSPS) is 18.1. The van der Waals surface area contributed by atoms with Gasteiger partial charge in [-0.15, -0.1) is 0 Å². The maximum atomic E-state index is 3.93. The minimum atomic E-state index is -0.0380. The van der Waals surface area contributed by atoms with Crippen molar-refractivity contribution in [3.63, 3.8) is 0 Å². The molecule has 1 aromatic rings. The minimum absolute atomic E-state index is 0.0380. The Labute approximate surface area is 85.0 Å². The molecule has 74 valence electrons. The standard InChI is InChI=1S/C12H16N2/c1-8-6-5-7-10-11(8)13-9(2)14-12(10,3)4/h5-7,13-14H,2H2,1,3-4H3. The molecule has 2 N–H and O–H groups in total. The summed E-state index contributed by atoms with van der Waals surface area (Å²) in [5.74, 6) is 0.872. The number of fused-ring (bicyclic) bond motifs is 1. The monoisotopic (exact) mass is 188 g/mol. The van der Waals surface area contributed by atoms with Crippen molar-refractivity contribution in [3.8, 4) is 0 Å². The summed E-state index contributed by atoms with van der Waals surface area (Å²) in [4.78, 5) is 0. The maximum Gasteiger partial charge on any atom is 0.0964 e. The fourth-order valence-corrected chi connectivity index (χ4v) is 1.98. The van der Waals surface area contributed by atoms with Crippen LogP contribution in [-0.4, -0.2) is 0 Å². The van der Waals surface area contributed by atoms with Crippen LogP contribution in [0.25, 0.3) is 0 Å². The van der Waals surface area contributed by atoms with Gasteiger partial charge in [0, 0.05) is 11.3 Å². The van der Waals surface area contributed by atoms with Gasteiger partial charge in [0.25, 0.3) is 0 Å². The Balaban J connectivity index is 2.63. The molecule has 1 aliphatic heterocycles. The third kappa shape index (κ3) is 1.27. The molecule has 0 fully saturated rings. The van der Waals surface area contributed by atoms with Crippen molar-refractivity contribution in [3.05, 3.63) is 41.7 Å². The van der Waals surface area contributed by atoms with Crippen molar-refractivity contribution in [2.75, 3.05) is 5.32 Å². The zero-order valence-corrected chi connectivity index (χ0v) is 8.94. The smallest absolute Gasteiger partial charge is 0.0964 e. The predicted molar refractivity (Wildman–Crippen MR) is 60.1 cm³/mol. The van der Waals surface area contributed by atoms with Gasteiger partial charge in [0.05, 0.1) is 11.4 Å². The van der Waals surface area contributed by atoms with Gasteiger partial charge in [-0.1, -0.05) is 24.8 Å². The number of anilines is 1. The highest BCUT2D eigenvalue weighted by molar-refractivity contribution is 5.64. The molecule has 0 spiro atoms. The molecule has 1 aromatic carbocycles. The molecule has 0 amide bonds. The van der Waals surface area contributed by atoms with Gasteiger partial charge in [-0.2, -0.15) is 0 Å². The Morgan fingerprint density at radius 2 is 2.00 bits per heavy atom. The highest BCUT2D eigenvalue weighted by Crippen LogP contribution is 2.34. The van der Waals surface area contributed by atoms with Crippen LogP contribution in [0, 0.1) is 6.92 Å². The zero-order valence-electron chi connectivity index (χ0n) is 8.94. The van der Waals surface area contributed by atoms with Crippen molar-refractivity contribution < 1.29 is 0 Å². The summed E-state index contributed by atoms with van der Waals surface area (Å²) in [6, 6.07) is 6.35. The number of rotatable bonds is 0. The maximum absolute atomic E-state index is 3.93. The summed E-state index contributed by atoms with van der Waals surface area (Å²) in [6.45, 7) is 10.4. The molecule has 0 saturated carbocycles. The van der Waals surface area contributed by atoms with E-state index in [9.17, 15) is 0 Å². The van der Waals surface area contributed by atoms with Gasteiger partial charge in [-0.3, -0.25) is 0 Å². The van der Waals surface area contributed by atoms with Crippen molar-refractivity contribution in [1.82, 2.24) is 5.32 Å². The second-order valence-electron chi connectivity index (χ2n) is 4.35. The minimum Gasteiger partial charge on any atom is -0.363 e. The van der Waals surface area contributed by atoms with Gasteiger partial charge < -0.3 is 10.6 Å². The first-order valence-electron chi connectivity index (χ1n) is 4.85. The molecule has 14 heavy (non-hydrogen) atoms. The van der Waals surface area contributed by atoms with Crippen molar-refractivity contribution in [2.24, 2.45) is 0 Å². The van der Waals surface area contributed by atoms with Crippen LogP contribution < -0.4 is 10.6 Å². The zero-order chi connectivity index (χ0) is 10.3. The van der Waals surface area contributed by atoms with Gasteiger partial charge in [-0.05, 0) is 26.3 Å². The van der Waals surface area contributed by atoms with Crippen LogP contribution >= 0.6 is 0 Å². The second-order valence-corrected chi connectivity index (χ2v) is 4.35. The first-order chi connectivity index (χ1) is 6.50. The van der Waals surface area contributed by atoms with Crippen LogP contribution in [0.4, 0.5) is 5.69 Å². The van der Waals surface area contributed by atoms with Gasteiger partial charge >= 0.3 is 0 Å². The summed E-state index contributed by atoms with van der Waals surface area (Å²) in [7, 11) is 0.